The van der Waals surface area contributed by atoms with Crippen molar-refractivity contribution >= 4 is 35.6 Å². The van der Waals surface area contributed by atoms with Crippen LogP contribution in [0.4, 0.5) is 0 Å². The highest BCUT2D eigenvalue weighted by Crippen LogP contribution is 2.23. The van der Waals surface area contributed by atoms with Crippen LogP contribution >= 0.6 is 27.5 Å². The van der Waals surface area contributed by atoms with E-state index in [1.807, 2.05) is 0 Å². The summed E-state index contributed by atoms with van der Waals surface area (Å²) in [6, 6.07) is 0. The topological polar surface area (TPSA) is 27.1 Å². The van der Waals surface area contributed by atoms with Crippen LogP contribution in [0.5, 0.6) is 0 Å². The third-order valence-corrected chi connectivity index (χ3v) is 6.99. The summed E-state index contributed by atoms with van der Waals surface area (Å²) < 4.78 is 9.03. The fourth-order valence-electron chi connectivity index (χ4n) is 1.74. The zero-order valence-electron chi connectivity index (χ0n) is 13.3. The number of rotatable bonds is 7. The van der Waals surface area contributed by atoms with E-state index >= 15 is 0 Å². The third-order valence-electron chi connectivity index (χ3n) is 3.49. The number of nitrogens with zero attached hydrogens (tertiary/aromatic N) is 2. The first-order valence-electron chi connectivity index (χ1n) is 7.08. The van der Waals surface area contributed by atoms with Crippen molar-refractivity contribution in [3.8, 4) is 0 Å². The molecule has 1 aromatic rings. The number of alkyl halides is 1. The molecule has 1 rings (SSSR count). The molecule has 1 unspecified atom stereocenters. The SMILES string of the molecule is CC(C)Cc1nc(Br)c(CCl)n1COC(C)[Si](C)(C)C. The predicted molar refractivity (Wildman–Crippen MR) is 91.9 cm³/mol. The molecule has 0 aliphatic carbocycles. The van der Waals surface area contributed by atoms with Crippen LogP contribution in [0, 0.1) is 5.92 Å². The summed E-state index contributed by atoms with van der Waals surface area (Å²) in [6.07, 6.45) is 0.931. The summed E-state index contributed by atoms with van der Waals surface area (Å²) >= 11 is 9.56. The number of ether oxygens (including phenoxy) is 1. The van der Waals surface area contributed by atoms with E-state index in [9.17, 15) is 0 Å². The van der Waals surface area contributed by atoms with E-state index in [0.29, 0.717) is 24.3 Å². The summed E-state index contributed by atoms with van der Waals surface area (Å²) in [7, 11) is -1.29. The van der Waals surface area contributed by atoms with Gasteiger partial charge in [0.05, 0.1) is 19.6 Å². The number of aromatic nitrogens is 2. The summed E-state index contributed by atoms with van der Waals surface area (Å²) in [5, 5.41) is 0. The number of imidazole rings is 1. The predicted octanol–water partition coefficient (Wildman–Crippen LogP) is 4.82. The average molecular weight is 382 g/mol. The largest absolute Gasteiger partial charge is 0.361 e. The van der Waals surface area contributed by atoms with Crippen LogP contribution in [-0.2, 0) is 23.8 Å². The molecule has 1 heterocycles. The molecule has 116 valence electrons. The molecule has 20 heavy (non-hydrogen) atoms. The first kappa shape index (κ1) is 18.2. The van der Waals surface area contributed by atoms with Gasteiger partial charge in [-0.3, -0.25) is 0 Å². The molecule has 0 fully saturated rings. The lowest BCUT2D eigenvalue weighted by molar-refractivity contribution is 0.0533. The second kappa shape index (κ2) is 7.43. The molecule has 6 heteroatoms. The maximum atomic E-state index is 6.08. The van der Waals surface area contributed by atoms with Crippen LogP contribution in [0.1, 0.15) is 32.3 Å². The fourth-order valence-corrected chi connectivity index (χ4v) is 3.31. The van der Waals surface area contributed by atoms with E-state index in [-0.39, 0.29) is 0 Å². The number of halogens is 2. The van der Waals surface area contributed by atoms with Gasteiger partial charge in [0.1, 0.15) is 17.2 Å². The Bertz CT molecular complexity index is 443. The van der Waals surface area contributed by atoms with Crippen molar-refractivity contribution in [2.24, 2.45) is 5.92 Å². The van der Waals surface area contributed by atoms with E-state index in [1.54, 1.807) is 0 Å². The zero-order valence-corrected chi connectivity index (χ0v) is 16.7. The second-order valence-corrected chi connectivity index (χ2v) is 13.3. The number of hydrogen-bond donors (Lipinski definition) is 0. The van der Waals surface area contributed by atoms with Gasteiger partial charge in [0.25, 0.3) is 0 Å². The quantitative estimate of drug-likeness (QED) is 0.500. The Labute approximate surface area is 137 Å². The van der Waals surface area contributed by atoms with Gasteiger partial charge in [0.15, 0.2) is 0 Å². The summed E-state index contributed by atoms with van der Waals surface area (Å²) in [5.74, 6) is 2.04. The summed E-state index contributed by atoms with van der Waals surface area (Å²) in [5.41, 5.74) is 1.31. The first-order valence-corrected chi connectivity index (χ1v) is 12.0. The van der Waals surface area contributed by atoms with Crippen molar-refractivity contribution in [2.45, 2.75) is 65.2 Å². The van der Waals surface area contributed by atoms with Gasteiger partial charge in [0.2, 0.25) is 0 Å². The van der Waals surface area contributed by atoms with Gasteiger partial charge in [-0.15, -0.1) is 11.6 Å². The van der Waals surface area contributed by atoms with Crippen LogP contribution in [-0.4, -0.2) is 23.4 Å². The van der Waals surface area contributed by atoms with Crippen LogP contribution in [0.15, 0.2) is 4.60 Å². The lowest BCUT2D eigenvalue weighted by Crippen LogP contribution is -2.38. The highest BCUT2D eigenvalue weighted by molar-refractivity contribution is 9.10. The summed E-state index contributed by atoms with van der Waals surface area (Å²) in [4.78, 5) is 4.59. The molecule has 1 aromatic heterocycles. The second-order valence-electron chi connectivity index (χ2n) is 6.73. The Kier molecular flexibility index (Phi) is 6.76. The van der Waals surface area contributed by atoms with E-state index in [1.165, 1.54) is 0 Å². The van der Waals surface area contributed by atoms with Crippen molar-refractivity contribution in [2.75, 3.05) is 0 Å². The van der Waals surface area contributed by atoms with Crippen molar-refractivity contribution in [3.63, 3.8) is 0 Å². The minimum atomic E-state index is -1.29. The molecule has 0 radical (unpaired) electrons. The Balaban J connectivity index is 2.91. The molecule has 0 amide bonds. The van der Waals surface area contributed by atoms with Crippen LogP contribution in [0.25, 0.3) is 0 Å². The molecule has 3 nitrogen and oxygen atoms in total. The smallest absolute Gasteiger partial charge is 0.128 e. The fraction of sp³-hybridized carbons (Fsp3) is 0.786. The molecule has 0 aromatic carbocycles. The normalized spacial score (nSPS) is 14.1. The molecule has 0 saturated heterocycles. The van der Waals surface area contributed by atoms with Gasteiger partial charge in [-0.05, 0) is 28.8 Å². The molecule has 0 spiro atoms. The average Bonchev–Trinajstić information content (AvgIpc) is 2.59. The van der Waals surface area contributed by atoms with Gasteiger partial charge in [-0.25, -0.2) is 4.98 Å². The Morgan fingerprint density at radius 3 is 2.35 bits per heavy atom. The lowest BCUT2D eigenvalue weighted by Gasteiger charge is -2.26. The molecule has 1 atom stereocenters. The minimum absolute atomic E-state index is 0.304. The molecule has 0 aliphatic heterocycles. The van der Waals surface area contributed by atoms with E-state index in [4.69, 9.17) is 16.3 Å². The summed E-state index contributed by atoms with van der Waals surface area (Å²) in [6.45, 7) is 14.0. The van der Waals surface area contributed by atoms with Gasteiger partial charge in [0, 0.05) is 12.1 Å². The lowest BCUT2D eigenvalue weighted by atomic mass is 10.1. The zero-order chi connectivity index (χ0) is 15.5. The maximum Gasteiger partial charge on any atom is 0.128 e. The molecule has 0 N–H and O–H groups in total. The van der Waals surface area contributed by atoms with Crippen molar-refractivity contribution < 1.29 is 4.74 Å². The Morgan fingerprint density at radius 2 is 1.90 bits per heavy atom. The Morgan fingerprint density at radius 1 is 1.30 bits per heavy atom. The van der Waals surface area contributed by atoms with Gasteiger partial charge >= 0.3 is 0 Å². The standard InChI is InChI=1S/C14H26BrClN2OSi/c1-10(2)7-13-17-14(15)12(8-16)18(13)9-19-11(3)20(4,5)6/h10-11H,7-9H2,1-6H3. The van der Waals surface area contributed by atoms with E-state index in [2.05, 4.69) is 65.9 Å². The Hall–Kier alpha value is 0.157. The van der Waals surface area contributed by atoms with Gasteiger partial charge < -0.3 is 9.30 Å². The van der Waals surface area contributed by atoms with Crippen molar-refractivity contribution in [1.82, 2.24) is 9.55 Å². The van der Waals surface area contributed by atoms with Crippen molar-refractivity contribution in [3.05, 3.63) is 16.1 Å². The third kappa shape index (κ3) is 4.86. The highest BCUT2D eigenvalue weighted by atomic mass is 79.9. The molecular weight excluding hydrogens is 356 g/mol. The van der Waals surface area contributed by atoms with E-state index in [0.717, 1.165) is 22.5 Å². The molecular formula is C14H26BrClN2OSi. The van der Waals surface area contributed by atoms with Crippen molar-refractivity contribution in [1.29, 1.82) is 0 Å². The molecule has 0 bridgehead atoms. The van der Waals surface area contributed by atoms with Crippen LogP contribution in [0.2, 0.25) is 19.6 Å². The van der Waals surface area contributed by atoms with Gasteiger partial charge in [-0.2, -0.15) is 0 Å². The molecule has 0 aliphatic rings. The minimum Gasteiger partial charge on any atom is -0.361 e. The van der Waals surface area contributed by atoms with Gasteiger partial charge in [-0.1, -0.05) is 33.5 Å². The van der Waals surface area contributed by atoms with Crippen LogP contribution < -0.4 is 0 Å². The van der Waals surface area contributed by atoms with Crippen LogP contribution in [0.3, 0.4) is 0 Å². The maximum absolute atomic E-state index is 6.08. The molecule has 0 saturated carbocycles. The monoisotopic (exact) mass is 380 g/mol. The number of hydrogen-bond acceptors (Lipinski definition) is 2. The van der Waals surface area contributed by atoms with E-state index < -0.39 is 8.07 Å². The highest BCUT2D eigenvalue weighted by Gasteiger charge is 2.24. The first-order chi connectivity index (χ1) is 9.16.